The molecular weight excluding hydrogens is 428 g/mol. The van der Waals surface area contributed by atoms with Gasteiger partial charge in [-0.1, -0.05) is 36.4 Å². The number of aliphatic hydroxyl groups excluding tert-OH is 1. The van der Waals surface area contributed by atoms with Crippen molar-refractivity contribution in [1.29, 1.82) is 0 Å². The van der Waals surface area contributed by atoms with Gasteiger partial charge in [0.05, 0.1) is 17.2 Å². The zero-order chi connectivity index (χ0) is 24.3. The zero-order valence-electron chi connectivity index (χ0n) is 20.0. The van der Waals surface area contributed by atoms with E-state index in [1.807, 2.05) is 81.5 Å². The van der Waals surface area contributed by atoms with Gasteiger partial charge in [-0.25, -0.2) is 0 Å². The molecule has 0 saturated heterocycles. The van der Waals surface area contributed by atoms with Gasteiger partial charge in [0.15, 0.2) is 6.61 Å². The fourth-order valence-electron chi connectivity index (χ4n) is 3.87. The number of benzene rings is 3. The molecule has 0 bridgehead atoms. The molecule has 0 saturated carbocycles. The minimum Gasteiger partial charge on any atom is -0.488 e. The first-order valence-electron chi connectivity index (χ1n) is 11.4. The maximum Gasteiger partial charge on any atom is 0.203 e. The van der Waals surface area contributed by atoms with Crippen molar-refractivity contribution in [1.82, 2.24) is 0 Å². The monoisotopic (exact) mass is 458 g/mol. The number of carbonyl (C=O) groups is 1. The van der Waals surface area contributed by atoms with Gasteiger partial charge in [0, 0.05) is 5.56 Å². The lowest BCUT2D eigenvalue weighted by molar-refractivity contribution is 0.0910. The minimum absolute atomic E-state index is 0.196. The number of Topliss-reactive ketones (excluding diaryl/α,β-unsaturated/α-hetero) is 1. The largest absolute Gasteiger partial charge is 0.488 e. The van der Waals surface area contributed by atoms with E-state index in [0.717, 1.165) is 16.7 Å². The van der Waals surface area contributed by atoms with Crippen LogP contribution in [0.15, 0.2) is 66.7 Å². The van der Waals surface area contributed by atoms with Crippen molar-refractivity contribution in [3.8, 4) is 17.2 Å². The molecule has 0 fully saturated rings. The molecule has 1 heterocycles. The number of aryl methyl sites for hydroxylation is 1. The quantitative estimate of drug-likeness (QED) is 0.415. The van der Waals surface area contributed by atoms with E-state index in [1.54, 1.807) is 19.1 Å². The van der Waals surface area contributed by atoms with Crippen LogP contribution in [-0.4, -0.2) is 23.1 Å². The number of aliphatic hydroxyl groups is 1. The van der Waals surface area contributed by atoms with Gasteiger partial charge in [0.1, 0.15) is 29.5 Å². The Kier molecular flexibility index (Phi) is 6.75. The predicted octanol–water partition coefficient (Wildman–Crippen LogP) is 6.07. The molecule has 3 aromatic rings. The zero-order valence-corrected chi connectivity index (χ0v) is 20.0. The highest BCUT2D eigenvalue weighted by molar-refractivity contribution is 6.00. The molecule has 0 aromatic heterocycles. The van der Waals surface area contributed by atoms with Gasteiger partial charge in [0.25, 0.3) is 0 Å². The maximum absolute atomic E-state index is 13.2. The Morgan fingerprint density at radius 1 is 1.06 bits per heavy atom. The van der Waals surface area contributed by atoms with E-state index in [4.69, 9.17) is 14.2 Å². The van der Waals surface area contributed by atoms with E-state index in [1.165, 1.54) is 0 Å². The summed E-state index contributed by atoms with van der Waals surface area (Å²) in [4.78, 5) is 13.2. The highest BCUT2D eigenvalue weighted by Gasteiger charge is 2.27. The van der Waals surface area contributed by atoms with Gasteiger partial charge in [-0.05, 0) is 75.2 Å². The molecule has 0 spiro atoms. The third-order valence-electron chi connectivity index (χ3n) is 5.68. The lowest BCUT2D eigenvalue weighted by Gasteiger charge is -2.29. The average molecular weight is 459 g/mol. The number of rotatable bonds is 8. The van der Waals surface area contributed by atoms with E-state index >= 15 is 0 Å². The Hall–Kier alpha value is -3.57. The van der Waals surface area contributed by atoms with Crippen molar-refractivity contribution >= 4 is 11.9 Å². The molecule has 34 heavy (non-hydrogen) atoms. The molecule has 4 rings (SSSR count). The van der Waals surface area contributed by atoms with Crippen LogP contribution in [0.5, 0.6) is 17.2 Å². The van der Waals surface area contributed by atoms with Crippen LogP contribution < -0.4 is 14.2 Å². The molecule has 5 heteroatoms. The molecule has 0 aliphatic carbocycles. The summed E-state index contributed by atoms with van der Waals surface area (Å²) >= 11 is 0. The normalized spacial score (nSPS) is 14.6. The first-order valence-corrected chi connectivity index (χ1v) is 11.4. The van der Waals surface area contributed by atoms with Crippen LogP contribution >= 0.6 is 0 Å². The predicted molar refractivity (Wildman–Crippen MR) is 133 cm³/mol. The fraction of sp³-hybridized carbons (Fsp3) is 0.276. The van der Waals surface area contributed by atoms with Gasteiger partial charge in [0.2, 0.25) is 5.78 Å². The number of ether oxygens (including phenoxy) is 3. The Morgan fingerprint density at radius 3 is 2.56 bits per heavy atom. The van der Waals surface area contributed by atoms with Crippen LogP contribution in [0, 0.1) is 6.92 Å². The summed E-state index contributed by atoms with van der Waals surface area (Å²) in [6.45, 7) is 7.73. The molecule has 176 valence electrons. The van der Waals surface area contributed by atoms with Gasteiger partial charge >= 0.3 is 0 Å². The topological polar surface area (TPSA) is 65.0 Å². The van der Waals surface area contributed by atoms with Gasteiger partial charge in [-0.3, -0.25) is 4.79 Å². The van der Waals surface area contributed by atoms with E-state index in [2.05, 4.69) is 0 Å². The molecule has 1 atom stereocenters. The van der Waals surface area contributed by atoms with Crippen molar-refractivity contribution in [3.63, 3.8) is 0 Å². The summed E-state index contributed by atoms with van der Waals surface area (Å²) < 4.78 is 18.1. The maximum atomic E-state index is 13.2. The molecule has 0 amide bonds. The van der Waals surface area contributed by atoms with Gasteiger partial charge < -0.3 is 19.3 Å². The highest BCUT2D eigenvalue weighted by atomic mass is 16.5. The van der Waals surface area contributed by atoms with Gasteiger partial charge in [-0.15, -0.1) is 0 Å². The summed E-state index contributed by atoms with van der Waals surface area (Å²) in [7, 11) is 0. The second-order valence-corrected chi connectivity index (χ2v) is 9.10. The van der Waals surface area contributed by atoms with Crippen LogP contribution in [0.1, 0.15) is 59.5 Å². The fourth-order valence-corrected chi connectivity index (χ4v) is 3.87. The number of hydrogen-bond donors (Lipinski definition) is 1. The summed E-state index contributed by atoms with van der Waals surface area (Å²) in [5.41, 5.74) is 3.35. The van der Waals surface area contributed by atoms with Crippen LogP contribution in [0.2, 0.25) is 0 Å². The first-order chi connectivity index (χ1) is 16.2. The first kappa shape index (κ1) is 23.6. The molecule has 1 N–H and O–H groups in total. The van der Waals surface area contributed by atoms with Crippen LogP contribution in [0.4, 0.5) is 0 Å². The van der Waals surface area contributed by atoms with E-state index in [9.17, 15) is 9.90 Å². The Bertz CT molecular complexity index is 1210. The summed E-state index contributed by atoms with van der Waals surface area (Å²) in [6.07, 6.45) is 3.10. The summed E-state index contributed by atoms with van der Waals surface area (Å²) in [6, 6.07) is 18.9. The molecule has 0 radical (unpaired) electrons. The van der Waals surface area contributed by atoms with E-state index in [0.29, 0.717) is 35.0 Å². The van der Waals surface area contributed by atoms with E-state index in [-0.39, 0.29) is 12.4 Å². The van der Waals surface area contributed by atoms with Crippen LogP contribution in [0.25, 0.3) is 6.08 Å². The average Bonchev–Trinajstić information content (AvgIpc) is 2.80. The van der Waals surface area contributed by atoms with Crippen LogP contribution in [-0.2, 0) is 6.61 Å². The molecule has 5 nitrogen and oxygen atoms in total. The molecule has 0 unspecified atom stereocenters. The lowest BCUT2D eigenvalue weighted by atomic mass is 9.98. The Labute approximate surface area is 200 Å². The smallest absolute Gasteiger partial charge is 0.203 e. The minimum atomic E-state index is -0.761. The third kappa shape index (κ3) is 5.32. The third-order valence-corrected chi connectivity index (χ3v) is 5.68. The number of ketones is 1. The molecule has 1 aliphatic heterocycles. The van der Waals surface area contributed by atoms with Crippen molar-refractivity contribution < 1.29 is 24.1 Å². The second-order valence-electron chi connectivity index (χ2n) is 9.10. The van der Waals surface area contributed by atoms with Crippen molar-refractivity contribution in [2.45, 2.75) is 46.0 Å². The molecular formula is C29H30O5. The van der Waals surface area contributed by atoms with Gasteiger partial charge in [-0.2, -0.15) is 0 Å². The number of fused-ring (bicyclic) bond motifs is 1. The molecule has 3 aromatic carbocycles. The van der Waals surface area contributed by atoms with Crippen molar-refractivity contribution in [3.05, 3.63) is 94.6 Å². The standard InChI is InChI=1S/C29H30O5/c1-19-10-11-23(27(16-19)32-17-21-8-6-5-7-9-21)25(31)18-33-28-22(20(2)30)12-13-26-24(28)14-15-29(3,4)34-26/h5-16,20,30H,17-18H2,1-4H3/t20-/m1/s1. The number of carbonyl (C=O) groups excluding carboxylic acids is 1. The second kappa shape index (κ2) is 9.74. The summed E-state index contributed by atoms with van der Waals surface area (Å²) in [5.74, 6) is 1.42. The SMILES string of the molecule is Cc1ccc(C(=O)COc2c([C@@H](C)O)ccc3c2C=CC(C)(C)O3)c(OCc2ccccc2)c1. The van der Waals surface area contributed by atoms with E-state index < -0.39 is 11.7 Å². The van der Waals surface area contributed by atoms with Crippen molar-refractivity contribution in [2.75, 3.05) is 6.61 Å². The summed E-state index contributed by atoms with van der Waals surface area (Å²) in [5, 5.41) is 10.3. The Balaban J connectivity index is 1.57. The van der Waals surface area contributed by atoms with Crippen molar-refractivity contribution in [2.24, 2.45) is 0 Å². The number of hydrogen-bond acceptors (Lipinski definition) is 5. The van der Waals surface area contributed by atoms with Crippen LogP contribution in [0.3, 0.4) is 0 Å². The highest BCUT2D eigenvalue weighted by Crippen LogP contribution is 2.41. The lowest BCUT2D eigenvalue weighted by Crippen LogP contribution is -2.28. The Morgan fingerprint density at radius 2 is 1.82 bits per heavy atom. The molecule has 1 aliphatic rings.